The van der Waals surface area contributed by atoms with Crippen LogP contribution in [0.1, 0.15) is 6.92 Å². The Kier molecular flexibility index (Phi) is 4.91. The number of rotatable bonds is 5. The SMILES string of the molecule is COC(C)COc1cc(Br)nc(S(C)(=O)=O)c1. The molecule has 7 heteroatoms. The highest BCUT2D eigenvalue weighted by Crippen LogP contribution is 2.21. The molecule has 5 nitrogen and oxygen atoms in total. The fraction of sp³-hybridized carbons (Fsp3) is 0.500. The molecule has 0 aliphatic heterocycles. The van der Waals surface area contributed by atoms with Crippen molar-refractivity contribution in [2.24, 2.45) is 0 Å². The molecule has 0 saturated carbocycles. The van der Waals surface area contributed by atoms with Crippen molar-refractivity contribution in [3.8, 4) is 5.75 Å². The number of ether oxygens (including phenoxy) is 2. The third kappa shape index (κ3) is 4.61. The second kappa shape index (κ2) is 5.79. The van der Waals surface area contributed by atoms with Crippen molar-refractivity contribution in [2.45, 2.75) is 18.1 Å². The summed E-state index contributed by atoms with van der Waals surface area (Å²) in [5, 5.41) is -0.0213. The lowest BCUT2D eigenvalue weighted by Crippen LogP contribution is -2.16. The molecule has 0 fully saturated rings. The van der Waals surface area contributed by atoms with Crippen LogP contribution in [0.25, 0.3) is 0 Å². The van der Waals surface area contributed by atoms with Crippen molar-refractivity contribution in [3.05, 3.63) is 16.7 Å². The summed E-state index contributed by atoms with van der Waals surface area (Å²) < 4.78 is 33.6. The predicted octanol–water partition coefficient (Wildman–Crippen LogP) is 1.66. The zero-order valence-corrected chi connectivity index (χ0v) is 12.2. The molecule has 1 unspecified atom stereocenters. The fourth-order valence-electron chi connectivity index (χ4n) is 1.01. The van der Waals surface area contributed by atoms with Crippen LogP contribution in [0, 0.1) is 0 Å². The van der Waals surface area contributed by atoms with Gasteiger partial charge in [-0.2, -0.15) is 0 Å². The molecule has 0 N–H and O–H groups in total. The van der Waals surface area contributed by atoms with E-state index in [4.69, 9.17) is 9.47 Å². The van der Waals surface area contributed by atoms with Crippen LogP contribution in [-0.2, 0) is 14.6 Å². The maximum absolute atomic E-state index is 11.4. The lowest BCUT2D eigenvalue weighted by atomic mass is 10.4. The molecule has 0 spiro atoms. The minimum Gasteiger partial charge on any atom is -0.491 e. The van der Waals surface area contributed by atoms with Gasteiger partial charge in [-0.15, -0.1) is 0 Å². The Labute approximate surface area is 109 Å². The Morgan fingerprint density at radius 3 is 2.65 bits per heavy atom. The van der Waals surface area contributed by atoms with Gasteiger partial charge >= 0.3 is 0 Å². The van der Waals surface area contributed by atoms with Gasteiger partial charge in [-0.05, 0) is 22.9 Å². The van der Waals surface area contributed by atoms with E-state index in [-0.39, 0.29) is 11.1 Å². The summed E-state index contributed by atoms with van der Waals surface area (Å²) in [5.41, 5.74) is 0. The van der Waals surface area contributed by atoms with Gasteiger partial charge in [0.15, 0.2) is 14.9 Å². The number of hydrogen-bond acceptors (Lipinski definition) is 5. The number of nitrogens with zero attached hydrogens (tertiary/aromatic N) is 1. The first kappa shape index (κ1) is 14.4. The summed E-state index contributed by atoms with van der Waals surface area (Å²) in [7, 11) is -1.76. The van der Waals surface area contributed by atoms with Crippen molar-refractivity contribution < 1.29 is 17.9 Å². The lowest BCUT2D eigenvalue weighted by molar-refractivity contribution is 0.0715. The van der Waals surface area contributed by atoms with E-state index in [0.717, 1.165) is 6.26 Å². The lowest BCUT2D eigenvalue weighted by Gasteiger charge is -2.12. The second-order valence-electron chi connectivity index (χ2n) is 3.59. The molecule has 0 radical (unpaired) electrons. The van der Waals surface area contributed by atoms with Gasteiger partial charge < -0.3 is 9.47 Å². The maximum Gasteiger partial charge on any atom is 0.192 e. The monoisotopic (exact) mass is 323 g/mol. The first-order valence-corrected chi connectivity index (χ1v) is 7.54. The van der Waals surface area contributed by atoms with Gasteiger partial charge in [-0.25, -0.2) is 13.4 Å². The van der Waals surface area contributed by atoms with E-state index in [0.29, 0.717) is 17.0 Å². The van der Waals surface area contributed by atoms with Gasteiger partial charge in [0, 0.05) is 25.5 Å². The predicted molar refractivity (Wildman–Crippen MR) is 67.0 cm³/mol. The molecular weight excluding hydrogens is 310 g/mol. The van der Waals surface area contributed by atoms with Crippen LogP contribution in [0.2, 0.25) is 0 Å². The van der Waals surface area contributed by atoms with Crippen LogP contribution in [0.5, 0.6) is 5.75 Å². The van der Waals surface area contributed by atoms with Crippen LogP contribution in [0.15, 0.2) is 21.8 Å². The quantitative estimate of drug-likeness (QED) is 0.771. The van der Waals surface area contributed by atoms with Crippen molar-refractivity contribution >= 4 is 25.8 Å². The van der Waals surface area contributed by atoms with E-state index < -0.39 is 9.84 Å². The molecule has 1 atom stereocenters. The van der Waals surface area contributed by atoms with Gasteiger partial charge in [0.2, 0.25) is 0 Å². The number of methoxy groups -OCH3 is 1. The molecule has 96 valence electrons. The van der Waals surface area contributed by atoms with Gasteiger partial charge in [-0.3, -0.25) is 0 Å². The molecule has 0 amide bonds. The first-order chi connectivity index (χ1) is 7.82. The highest BCUT2D eigenvalue weighted by molar-refractivity contribution is 9.10. The van der Waals surface area contributed by atoms with Gasteiger partial charge in [0.1, 0.15) is 17.0 Å². The molecule has 17 heavy (non-hydrogen) atoms. The summed E-state index contributed by atoms with van der Waals surface area (Å²) in [6.07, 6.45) is 1.03. The van der Waals surface area contributed by atoms with Gasteiger partial charge in [0.05, 0.1) is 6.10 Å². The van der Waals surface area contributed by atoms with Crippen LogP contribution in [-0.4, -0.2) is 39.5 Å². The third-order valence-electron chi connectivity index (χ3n) is 2.01. The van der Waals surface area contributed by atoms with E-state index in [1.54, 1.807) is 13.2 Å². The highest BCUT2D eigenvalue weighted by Gasteiger charge is 2.12. The smallest absolute Gasteiger partial charge is 0.192 e. The number of pyridine rings is 1. The number of sulfone groups is 1. The topological polar surface area (TPSA) is 65.5 Å². The van der Waals surface area contributed by atoms with Crippen molar-refractivity contribution in [1.82, 2.24) is 4.98 Å². The number of halogens is 1. The minimum absolute atomic E-state index is 0.0213. The molecule has 1 heterocycles. The van der Waals surface area contributed by atoms with E-state index >= 15 is 0 Å². The summed E-state index contributed by atoms with van der Waals surface area (Å²) in [4.78, 5) is 3.87. The normalized spacial score (nSPS) is 13.4. The molecular formula is C10H14BrNO4S. The van der Waals surface area contributed by atoms with E-state index in [1.165, 1.54) is 6.07 Å². The third-order valence-corrected chi connectivity index (χ3v) is 3.39. The molecule has 0 aromatic carbocycles. The van der Waals surface area contributed by atoms with Gasteiger partial charge in [0.25, 0.3) is 0 Å². The minimum atomic E-state index is -3.34. The number of hydrogen-bond donors (Lipinski definition) is 0. The van der Waals surface area contributed by atoms with Crippen LogP contribution >= 0.6 is 15.9 Å². The Bertz CT molecular complexity index is 489. The number of aromatic nitrogens is 1. The van der Waals surface area contributed by atoms with E-state index in [9.17, 15) is 8.42 Å². The maximum atomic E-state index is 11.4. The average Bonchev–Trinajstić information content (AvgIpc) is 2.24. The highest BCUT2D eigenvalue weighted by atomic mass is 79.9. The summed E-state index contributed by atoms with van der Waals surface area (Å²) in [5.74, 6) is 0.441. The molecule has 0 bridgehead atoms. The zero-order chi connectivity index (χ0) is 13.1. The molecule has 0 aliphatic carbocycles. The molecule has 1 aromatic rings. The Morgan fingerprint density at radius 1 is 1.47 bits per heavy atom. The van der Waals surface area contributed by atoms with Gasteiger partial charge in [-0.1, -0.05) is 0 Å². The Morgan fingerprint density at radius 2 is 2.12 bits per heavy atom. The second-order valence-corrected chi connectivity index (χ2v) is 6.37. The first-order valence-electron chi connectivity index (χ1n) is 4.86. The summed E-state index contributed by atoms with van der Waals surface area (Å²) >= 11 is 3.14. The van der Waals surface area contributed by atoms with E-state index in [1.807, 2.05) is 6.92 Å². The largest absolute Gasteiger partial charge is 0.491 e. The summed E-state index contributed by atoms with van der Waals surface area (Å²) in [6, 6.07) is 3.00. The summed E-state index contributed by atoms with van der Waals surface area (Å²) in [6.45, 7) is 2.20. The molecule has 1 aromatic heterocycles. The van der Waals surface area contributed by atoms with Crippen molar-refractivity contribution in [1.29, 1.82) is 0 Å². The molecule has 0 saturated heterocycles. The Balaban J connectivity index is 2.91. The van der Waals surface area contributed by atoms with Crippen LogP contribution in [0.3, 0.4) is 0 Å². The standard InChI is InChI=1S/C10H14BrNO4S/c1-7(15-2)6-16-8-4-9(11)12-10(5-8)17(3,13)14/h4-5,7H,6H2,1-3H3. The van der Waals surface area contributed by atoms with Crippen molar-refractivity contribution in [2.75, 3.05) is 20.0 Å². The van der Waals surface area contributed by atoms with Crippen molar-refractivity contribution in [3.63, 3.8) is 0 Å². The Hall–Kier alpha value is -0.660. The molecule has 0 aliphatic rings. The zero-order valence-electron chi connectivity index (χ0n) is 9.81. The average molecular weight is 324 g/mol. The van der Waals surface area contributed by atoms with Crippen LogP contribution in [0.4, 0.5) is 0 Å². The fourth-order valence-corrected chi connectivity index (χ4v) is 2.13. The molecule has 1 rings (SSSR count). The van der Waals surface area contributed by atoms with E-state index in [2.05, 4.69) is 20.9 Å². The van der Waals surface area contributed by atoms with Crippen LogP contribution < -0.4 is 4.74 Å².